The fourth-order valence-corrected chi connectivity index (χ4v) is 2.01. The highest BCUT2D eigenvalue weighted by Gasteiger charge is 2.41. The topological polar surface area (TPSA) is 64.3 Å². The molecule has 0 unspecified atom stereocenters. The summed E-state index contributed by atoms with van der Waals surface area (Å²) in [6.45, 7) is 0.703. The van der Waals surface area contributed by atoms with Crippen molar-refractivity contribution in [2.45, 2.75) is 25.1 Å². The Morgan fingerprint density at radius 3 is 2.56 bits per heavy atom. The lowest BCUT2D eigenvalue weighted by atomic mass is 10.1. The highest BCUT2D eigenvalue weighted by molar-refractivity contribution is 5.88. The van der Waals surface area contributed by atoms with Crippen LogP contribution in [-0.4, -0.2) is 34.1 Å². The van der Waals surface area contributed by atoms with Crippen LogP contribution in [0.15, 0.2) is 6.20 Å². The van der Waals surface area contributed by atoms with E-state index in [1.54, 1.807) is 0 Å². The third-order valence-corrected chi connectivity index (χ3v) is 2.83. The molecule has 0 amide bonds. The Bertz CT molecular complexity index is 450. The van der Waals surface area contributed by atoms with E-state index in [-0.39, 0.29) is 0 Å². The van der Waals surface area contributed by atoms with Crippen molar-refractivity contribution in [3.05, 3.63) is 17.5 Å². The molecule has 8 heteroatoms. The SMILES string of the molecule is O=C(O)c1cnn(C2CCOCC2)c1C(F)(F)F. The van der Waals surface area contributed by atoms with Gasteiger partial charge in [-0.3, -0.25) is 4.68 Å². The maximum absolute atomic E-state index is 12.9. The van der Waals surface area contributed by atoms with E-state index in [1.165, 1.54) is 0 Å². The van der Waals surface area contributed by atoms with E-state index in [4.69, 9.17) is 9.84 Å². The van der Waals surface area contributed by atoms with Crippen LogP contribution in [0.1, 0.15) is 34.9 Å². The number of rotatable bonds is 2. The first-order valence-electron chi connectivity index (χ1n) is 5.37. The largest absolute Gasteiger partial charge is 0.478 e. The summed E-state index contributed by atoms with van der Waals surface area (Å²) >= 11 is 0. The summed E-state index contributed by atoms with van der Waals surface area (Å²) in [5.74, 6) is -1.62. The summed E-state index contributed by atoms with van der Waals surface area (Å²) in [4.78, 5) is 10.8. The summed E-state index contributed by atoms with van der Waals surface area (Å²) < 4.78 is 44.5. The molecular weight excluding hydrogens is 253 g/mol. The van der Waals surface area contributed by atoms with Crippen molar-refractivity contribution in [2.75, 3.05) is 13.2 Å². The maximum atomic E-state index is 12.9. The van der Waals surface area contributed by atoms with Crippen LogP contribution in [0, 0.1) is 0 Å². The lowest BCUT2D eigenvalue weighted by Gasteiger charge is -2.24. The van der Waals surface area contributed by atoms with Gasteiger partial charge in [-0.25, -0.2) is 4.79 Å². The molecule has 0 atom stereocenters. The Hall–Kier alpha value is -1.57. The van der Waals surface area contributed by atoms with Crippen LogP contribution < -0.4 is 0 Å². The van der Waals surface area contributed by atoms with Gasteiger partial charge in [-0.2, -0.15) is 18.3 Å². The van der Waals surface area contributed by atoms with Gasteiger partial charge in [-0.15, -0.1) is 0 Å². The van der Waals surface area contributed by atoms with Crippen LogP contribution in [0.3, 0.4) is 0 Å². The van der Waals surface area contributed by atoms with Crippen LogP contribution >= 0.6 is 0 Å². The van der Waals surface area contributed by atoms with Crippen molar-refractivity contribution < 1.29 is 27.8 Å². The third kappa shape index (κ3) is 2.33. The molecule has 0 bridgehead atoms. The van der Waals surface area contributed by atoms with Gasteiger partial charge in [-0.1, -0.05) is 0 Å². The lowest BCUT2D eigenvalue weighted by Crippen LogP contribution is -2.26. The number of aromatic carboxylic acids is 1. The van der Waals surface area contributed by atoms with E-state index < -0.39 is 29.4 Å². The average Bonchev–Trinajstić information content (AvgIpc) is 2.74. The molecule has 0 radical (unpaired) electrons. The fourth-order valence-electron chi connectivity index (χ4n) is 2.01. The van der Waals surface area contributed by atoms with Crippen LogP contribution in [0.25, 0.3) is 0 Å². The zero-order valence-corrected chi connectivity index (χ0v) is 9.28. The second-order valence-corrected chi connectivity index (χ2v) is 4.00. The number of hydrogen-bond donors (Lipinski definition) is 1. The molecule has 1 fully saturated rings. The minimum Gasteiger partial charge on any atom is -0.478 e. The first-order chi connectivity index (χ1) is 8.41. The molecule has 0 saturated carbocycles. The van der Waals surface area contributed by atoms with Gasteiger partial charge in [0.25, 0.3) is 0 Å². The lowest BCUT2D eigenvalue weighted by molar-refractivity contribution is -0.146. The molecule has 1 aromatic rings. The Morgan fingerprint density at radius 2 is 2.06 bits per heavy atom. The quantitative estimate of drug-likeness (QED) is 0.886. The molecule has 18 heavy (non-hydrogen) atoms. The molecular formula is C10H11F3N2O3. The number of ether oxygens (including phenoxy) is 1. The number of carbonyl (C=O) groups is 1. The number of carboxylic acid groups (broad SMARTS) is 1. The molecule has 0 aliphatic carbocycles. The summed E-state index contributed by atoms with van der Waals surface area (Å²) in [5, 5.41) is 12.4. The third-order valence-electron chi connectivity index (χ3n) is 2.83. The van der Waals surface area contributed by atoms with Crippen LogP contribution in [0.2, 0.25) is 0 Å². The van der Waals surface area contributed by atoms with E-state index >= 15 is 0 Å². The molecule has 0 spiro atoms. The van der Waals surface area contributed by atoms with Crippen LogP contribution in [0.4, 0.5) is 13.2 Å². The first kappa shape index (κ1) is 12.9. The summed E-state index contributed by atoms with van der Waals surface area (Å²) in [7, 11) is 0. The molecule has 1 aromatic heterocycles. The minimum absolute atomic E-state index is 0.351. The zero-order valence-electron chi connectivity index (χ0n) is 9.28. The van der Waals surface area contributed by atoms with Gasteiger partial charge in [0.1, 0.15) is 5.56 Å². The number of alkyl halides is 3. The second kappa shape index (κ2) is 4.60. The molecule has 100 valence electrons. The number of nitrogens with zero attached hydrogens (tertiary/aromatic N) is 2. The molecule has 1 saturated heterocycles. The van der Waals surface area contributed by atoms with Crippen molar-refractivity contribution in [3.63, 3.8) is 0 Å². The molecule has 1 N–H and O–H groups in total. The Labute approximate surface area is 100 Å². The normalized spacial score (nSPS) is 17.9. The Morgan fingerprint density at radius 1 is 1.44 bits per heavy atom. The van der Waals surface area contributed by atoms with Crippen LogP contribution in [0.5, 0.6) is 0 Å². The van der Waals surface area contributed by atoms with E-state index in [9.17, 15) is 18.0 Å². The van der Waals surface area contributed by atoms with E-state index in [0.717, 1.165) is 10.9 Å². The number of carboxylic acids is 1. The van der Waals surface area contributed by atoms with Gasteiger partial charge < -0.3 is 9.84 Å². The fraction of sp³-hybridized carbons (Fsp3) is 0.600. The van der Waals surface area contributed by atoms with Crippen molar-refractivity contribution >= 4 is 5.97 Å². The van der Waals surface area contributed by atoms with E-state index in [1.807, 2.05) is 0 Å². The summed E-state index contributed by atoms with van der Waals surface area (Å²) in [5.41, 5.74) is -2.00. The minimum atomic E-state index is -4.73. The predicted octanol–water partition coefficient (Wildman–Crippen LogP) is 1.95. The van der Waals surface area contributed by atoms with Crippen LogP contribution in [-0.2, 0) is 10.9 Å². The van der Waals surface area contributed by atoms with E-state index in [2.05, 4.69) is 5.10 Å². The van der Waals surface area contributed by atoms with Crippen molar-refractivity contribution in [1.29, 1.82) is 0 Å². The zero-order chi connectivity index (χ0) is 13.3. The molecule has 5 nitrogen and oxygen atoms in total. The monoisotopic (exact) mass is 264 g/mol. The van der Waals surface area contributed by atoms with Gasteiger partial charge in [0.05, 0.1) is 12.2 Å². The summed E-state index contributed by atoms with van der Waals surface area (Å²) in [6, 6.07) is -0.469. The highest BCUT2D eigenvalue weighted by Crippen LogP contribution is 2.35. The van der Waals surface area contributed by atoms with Gasteiger partial charge in [0, 0.05) is 13.2 Å². The standard InChI is InChI=1S/C10H11F3N2O3/c11-10(12,13)8-7(9(16)17)5-14-15(8)6-1-3-18-4-2-6/h5-6H,1-4H2,(H,16,17). The maximum Gasteiger partial charge on any atom is 0.433 e. The van der Waals surface area contributed by atoms with Crippen molar-refractivity contribution in [3.8, 4) is 0 Å². The smallest absolute Gasteiger partial charge is 0.433 e. The molecule has 1 aliphatic rings. The molecule has 2 heterocycles. The predicted molar refractivity (Wildman–Crippen MR) is 53.3 cm³/mol. The Kier molecular flexibility index (Phi) is 3.29. The Balaban J connectivity index is 2.44. The number of halogens is 3. The average molecular weight is 264 g/mol. The van der Waals surface area contributed by atoms with Gasteiger partial charge in [0.15, 0.2) is 5.69 Å². The highest BCUT2D eigenvalue weighted by atomic mass is 19.4. The number of hydrogen-bond acceptors (Lipinski definition) is 3. The van der Waals surface area contributed by atoms with Gasteiger partial charge in [-0.05, 0) is 12.8 Å². The first-order valence-corrected chi connectivity index (χ1v) is 5.37. The van der Waals surface area contributed by atoms with Crippen molar-refractivity contribution in [2.24, 2.45) is 0 Å². The van der Waals surface area contributed by atoms with E-state index in [0.29, 0.717) is 26.1 Å². The van der Waals surface area contributed by atoms with Gasteiger partial charge >= 0.3 is 12.1 Å². The second-order valence-electron chi connectivity index (χ2n) is 4.00. The molecule has 0 aromatic carbocycles. The molecule has 2 rings (SSSR count). The van der Waals surface area contributed by atoms with Crippen molar-refractivity contribution in [1.82, 2.24) is 9.78 Å². The summed E-state index contributed by atoms with van der Waals surface area (Å²) in [6.07, 6.45) is -3.20. The molecule has 1 aliphatic heterocycles. The number of aromatic nitrogens is 2. The van der Waals surface area contributed by atoms with Gasteiger partial charge in [0.2, 0.25) is 0 Å².